The molecule has 88 valence electrons. The maximum absolute atomic E-state index is 11.6. The first kappa shape index (κ1) is 12.5. The number of ether oxygens (including phenoxy) is 1. The predicted octanol–water partition coefficient (Wildman–Crippen LogP) is 0.383. The molecule has 4 nitrogen and oxygen atoms in total. The van der Waals surface area contributed by atoms with E-state index in [2.05, 4.69) is 17.6 Å². The maximum atomic E-state index is 11.6. The lowest BCUT2D eigenvalue weighted by atomic mass is 10.0. The molecule has 1 heterocycles. The van der Waals surface area contributed by atoms with Crippen LogP contribution >= 0.6 is 0 Å². The minimum absolute atomic E-state index is 0.0348. The van der Waals surface area contributed by atoms with Crippen LogP contribution in [0.15, 0.2) is 0 Å². The molecule has 1 aliphatic rings. The second kappa shape index (κ2) is 6.08. The molecule has 3 atom stereocenters. The van der Waals surface area contributed by atoms with E-state index in [1.807, 2.05) is 14.0 Å². The van der Waals surface area contributed by atoms with Crippen molar-refractivity contribution in [2.75, 3.05) is 26.7 Å². The Morgan fingerprint density at radius 3 is 2.87 bits per heavy atom. The Kier molecular flexibility index (Phi) is 5.05. The number of carbonyl (C=O) groups is 1. The van der Waals surface area contributed by atoms with Gasteiger partial charge in [0.2, 0.25) is 5.91 Å². The van der Waals surface area contributed by atoms with Crippen LogP contribution in [0.5, 0.6) is 0 Å². The van der Waals surface area contributed by atoms with E-state index in [0.717, 1.165) is 26.1 Å². The van der Waals surface area contributed by atoms with Crippen molar-refractivity contribution in [3.63, 3.8) is 0 Å². The standard InChI is InChI=1S/C11H22N2O2/c1-8(6-12-3)11(14)13-7-10-4-5-15-9(10)2/h8-10,12H,4-7H2,1-3H3,(H,13,14). The summed E-state index contributed by atoms with van der Waals surface area (Å²) in [5, 5.41) is 5.98. The largest absolute Gasteiger partial charge is 0.378 e. The molecule has 0 aromatic heterocycles. The third kappa shape index (κ3) is 3.80. The first-order chi connectivity index (χ1) is 7.15. The highest BCUT2D eigenvalue weighted by atomic mass is 16.5. The van der Waals surface area contributed by atoms with E-state index in [1.54, 1.807) is 0 Å². The molecule has 0 spiro atoms. The Labute approximate surface area is 91.8 Å². The van der Waals surface area contributed by atoms with Crippen LogP contribution in [0.3, 0.4) is 0 Å². The average Bonchev–Trinajstić information content (AvgIpc) is 2.61. The monoisotopic (exact) mass is 214 g/mol. The van der Waals surface area contributed by atoms with Crippen molar-refractivity contribution in [1.29, 1.82) is 0 Å². The van der Waals surface area contributed by atoms with E-state index in [0.29, 0.717) is 5.92 Å². The first-order valence-electron chi connectivity index (χ1n) is 5.69. The van der Waals surface area contributed by atoms with E-state index >= 15 is 0 Å². The Morgan fingerprint density at radius 1 is 1.60 bits per heavy atom. The van der Waals surface area contributed by atoms with Gasteiger partial charge in [0.15, 0.2) is 0 Å². The van der Waals surface area contributed by atoms with E-state index in [9.17, 15) is 4.79 Å². The fraction of sp³-hybridized carbons (Fsp3) is 0.909. The molecule has 1 aliphatic heterocycles. The van der Waals surface area contributed by atoms with Crippen molar-refractivity contribution in [3.8, 4) is 0 Å². The van der Waals surface area contributed by atoms with Crippen molar-refractivity contribution >= 4 is 5.91 Å². The fourth-order valence-electron chi connectivity index (χ4n) is 1.85. The highest BCUT2D eigenvalue weighted by Gasteiger charge is 2.24. The van der Waals surface area contributed by atoms with Crippen molar-refractivity contribution < 1.29 is 9.53 Å². The van der Waals surface area contributed by atoms with Gasteiger partial charge in [-0.3, -0.25) is 4.79 Å². The molecule has 3 unspecified atom stereocenters. The molecule has 0 aromatic carbocycles. The van der Waals surface area contributed by atoms with Gasteiger partial charge >= 0.3 is 0 Å². The van der Waals surface area contributed by atoms with Crippen LogP contribution in [0.25, 0.3) is 0 Å². The van der Waals surface area contributed by atoms with Crippen molar-refractivity contribution in [2.24, 2.45) is 11.8 Å². The summed E-state index contributed by atoms with van der Waals surface area (Å²) in [5.74, 6) is 0.645. The summed E-state index contributed by atoms with van der Waals surface area (Å²) in [4.78, 5) is 11.6. The molecule has 0 saturated carbocycles. The van der Waals surface area contributed by atoms with E-state index in [-0.39, 0.29) is 17.9 Å². The molecule has 1 fully saturated rings. The van der Waals surface area contributed by atoms with Crippen LogP contribution in [-0.4, -0.2) is 38.8 Å². The third-order valence-corrected chi connectivity index (χ3v) is 3.03. The lowest BCUT2D eigenvalue weighted by Crippen LogP contribution is -2.38. The van der Waals surface area contributed by atoms with Gasteiger partial charge in [-0.2, -0.15) is 0 Å². The normalized spacial score (nSPS) is 27.7. The molecular formula is C11H22N2O2. The van der Waals surface area contributed by atoms with Crippen LogP contribution in [0.2, 0.25) is 0 Å². The van der Waals surface area contributed by atoms with Gasteiger partial charge in [-0.15, -0.1) is 0 Å². The lowest BCUT2D eigenvalue weighted by Gasteiger charge is -2.17. The smallest absolute Gasteiger partial charge is 0.224 e. The summed E-state index contributed by atoms with van der Waals surface area (Å²) < 4.78 is 5.44. The number of rotatable bonds is 5. The summed E-state index contributed by atoms with van der Waals surface area (Å²) in [6.07, 6.45) is 1.34. The average molecular weight is 214 g/mol. The number of hydrogen-bond acceptors (Lipinski definition) is 3. The number of hydrogen-bond donors (Lipinski definition) is 2. The summed E-state index contributed by atoms with van der Waals surface area (Å²) in [6.45, 7) is 6.30. The van der Waals surface area contributed by atoms with E-state index < -0.39 is 0 Å². The van der Waals surface area contributed by atoms with Gasteiger partial charge < -0.3 is 15.4 Å². The van der Waals surface area contributed by atoms with Gasteiger partial charge in [0, 0.05) is 31.5 Å². The minimum Gasteiger partial charge on any atom is -0.378 e. The molecule has 4 heteroatoms. The number of carbonyl (C=O) groups excluding carboxylic acids is 1. The fourth-order valence-corrected chi connectivity index (χ4v) is 1.85. The van der Waals surface area contributed by atoms with Crippen LogP contribution < -0.4 is 10.6 Å². The van der Waals surface area contributed by atoms with E-state index in [1.165, 1.54) is 0 Å². The molecule has 0 aromatic rings. The zero-order valence-corrected chi connectivity index (χ0v) is 9.88. The number of nitrogens with one attached hydrogen (secondary N) is 2. The SMILES string of the molecule is CNCC(C)C(=O)NCC1CCOC1C. The third-order valence-electron chi connectivity index (χ3n) is 3.03. The summed E-state index contributed by atoms with van der Waals surface area (Å²) in [6, 6.07) is 0. The molecule has 15 heavy (non-hydrogen) atoms. The molecule has 0 bridgehead atoms. The van der Waals surface area contributed by atoms with Crippen molar-refractivity contribution in [1.82, 2.24) is 10.6 Å². The lowest BCUT2D eigenvalue weighted by molar-refractivity contribution is -0.124. The summed E-state index contributed by atoms with van der Waals surface area (Å²) in [5.41, 5.74) is 0. The highest BCUT2D eigenvalue weighted by Crippen LogP contribution is 2.19. The molecular weight excluding hydrogens is 192 g/mol. The van der Waals surface area contributed by atoms with Crippen LogP contribution in [0, 0.1) is 11.8 Å². The molecule has 2 N–H and O–H groups in total. The highest BCUT2D eigenvalue weighted by molar-refractivity contribution is 5.78. The van der Waals surface area contributed by atoms with Gasteiger partial charge in [-0.25, -0.2) is 0 Å². The van der Waals surface area contributed by atoms with Gasteiger partial charge in [0.05, 0.1) is 6.10 Å². The predicted molar refractivity (Wildman–Crippen MR) is 59.6 cm³/mol. The molecule has 0 radical (unpaired) electrons. The molecule has 1 amide bonds. The van der Waals surface area contributed by atoms with E-state index in [4.69, 9.17) is 4.74 Å². The van der Waals surface area contributed by atoms with Crippen LogP contribution in [0.1, 0.15) is 20.3 Å². The molecule has 1 saturated heterocycles. The Hall–Kier alpha value is -0.610. The van der Waals surface area contributed by atoms with Crippen molar-refractivity contribution in [3.05, 3.63) is 0 Å². The van der Waals surface area contributed by atoms with Gasteiger partial charge in [-0.1, -0.05) is 6.92 Å². The van der Waals surface area contributed by atoms with Gasteiger partial charge in [0.25, 0.3) is 0 Å². The van der Waals surface area contributed by atoms with Gasteiger partial charge in [0.1, 0.15) is 0 Å². The quantitative estimate of drug-likeness (QED) is 0.696. The maximum Gasteiger partial charge on any atom is 0.224 e. The minimum atomic E-state index is 0.0348. The summed E-state index contributed by atoms with van der Waals surface area (Å²) >= 11 is 0. The second-order valence-electron chi connectivity index (χ2n) is 4.33. The zero-order valence-electron chi connectivity index (χ0n) is 9.88. The Morgan fingerprint density at radius 2 is 2.33 bits per heavy atom. The van der Waals surface area contributed by atoms with Crippen LogP contribution in [0.4, 0.5) is 0 Å². The zero-order chi connectivity index (χ0) is 11.3. The first-order valence-corrected chi connectivity index (χ1v) is 5.69. The Bertz CT molecular complexity index is 209. The number of amides is 1. The molecule has 0 aliphatic carbocycles. The summed E-state index contributed by atoms with van der Waals surface area (Å²) in [7, 11) is 1.86. The Balaban J connectivity index is 2.21. The van der Waals surface area contributed by atoms with Crippen molar-refractivity contribution in [2.45, 2.75) is 26.4 Å². The van der Waals surface area contributed by atoms with Crippen LogP contribution in [-0.2, 0) is 9.53 Å². The second-order valence-corrected chi connectivity index (χ2v) is 4.33. The molecule has 1 rings (SSSR count). The topological polar surface area (TPSA) is 50.4 Å². The van der Waals surface area contributed by atoms with Gasteiger partial charge in [-0.05, 0) is 20.4 Å².